The molecule has 174 valence electrons. The summed E-state index contributed by atoms with van der Waals surface area (Å²) in [6.45, 7) is 5.07. The molecule has 1 heterocycles. The second-order valence-corrected chi connectivity index (χ2v) is 8.77. The molecule has 1 aliphatic carbocycles. The molecular formula is C29H31N3O2. The highest BCUT2D eigenvalue weighted by Crippen LogP contribution is 2.44. The van der Waals surface area contributed by atoms with E-state index in [0.29, 0.717) is 13.2 Å². The van der Waals surface area contributed by atoms with Crippen LogP contribution in [0.2, 0.25) is 0 Å². The molecule has 2 N–H and O–H groups in total. The maximum Gasteiger partial charge on any atom is 0.407 e. The number of hydrogen-bond donors (Lipinski definition) is 2. The SMILES string of the molecule is O=C(NCCC=Cc1ccc(N2CCNCC2)cc1)OCC1c2ccccc2-c2ccccc21. The van der Waals surface area contributed by atoms with Crippen molar-refractivity contribution in [3.63, 3.8) is 0 Å². The minimum Gasteiger partial charge on any atom is -0.449 e. The number of rotatable bonds is 7. The monoisotopic (exact) mass is 453 g/mol. The molecule has 0 radical (unpaired) electrons. The van der Waals surface area contributed by atoms with E-state index in [2.05, 4.69) is 88.3 Å². The van der Waals surface area contributed by atoms with Crippen LogP contribution >= 0.6 is 0 Å². The molecule has 1 fully saturated rings. The number of amides is 1. The summed E-state index contributed by atoms with van der Waals surface area (Å²) in [5.74, 6) is 0.0854. The van der Waals surface area contributed by atoms with Crippen LogP contribution in [0, 0.1) is 0 Å². The van der Waals surface area contributed by atoms with Gasteiger partial charge in [0, 0.05) is 44.3 Å². The van der Waals surface area contributed by atoms with Crippen molar-refractivity contribution in [2.45, 2.75) is 12.3 Å². The molecule has 0 aromatic heterocycles. The topological polar surface area (TPSA) is 53.6 Å². The Kier molecular flexibility index (Phi) is 6.91. The van der Waals surface area contributed by atoms with Gasteiger partial charge in [-0.15, -0.1) is 0 Å². The van der Waals surface area contributed by atoms with E-state index >= 15 is 0 Å². The molecule has 5 nitrogen and oxygen atoms in total. The Labute approximate surface area is 201 Å². The molecular weight excluding hydrogens is 422 g/mol. The molecule has 0 unspecified atom stereocenters. The molecule has 5 rings (SSSR count). The summed E-state index contributed by atoms with van der Waals surface area (Å²) in [6, 6.07) is 25.4. The van der Waals surface area contributed by atoms with Crippen LogP contribution in [0.3, 0.4) is 0 Å². The maximum atomic E-state index is 12.3. The zero-order valence-electron chi connectivity index (χ0n) is 19.4. The number of alkyl carbamates (subject to hydrolysis) is 1. The Balaban J connectivity index is 1.07. The number of ether oxygens (including phenoxy) is 1. The van der Waals surface area contributed by atoms with Gasteiger partial charge in [-0.05, 0) is 46.4 Å². The van der Waals surface area contributed by atoms with Crippen LogP contribution in [0.4, 0.5) is 10.5 Å². The predicted octanol–water partition coefficient (Wildman–Crippen LogP) is 5.04. The van der Waals surface area contributed by atoms with Crippen molar-refractivity contribution < 1.29 is 9.53 Å². The fourth-order valence-electron chi connectivity index (χ4n) is 4.85. The predicted molar refractivity (Wildman–Crippen MR) is 138 cm³/mol. The summed E-state index contributed by atoms with van der Waals surface area (Å²) in [5.41, 5.74) is 7.36. The van der Waals surface area contributed by atoms with Crippen molar-refractivity contribution in [1.29, 1.82) is 0 Å². The average Bonchev–Trinajstić information content (AvgIpc) is 3.22. The van der Waals surface area contributed by atoms with Gasteiger partial charge in [0.2, 0.25) is 0 Å². The largest absolute Gasteiger partial charge is 0.449 e. The number of carbonyl (C=O) groups excluding carboxylic acids is 1. The molecule has 1 aliphatic heterocycles. The Morgan fingerprint density at radius 2 is 1.59 bits per heavy atom. The van der Waals surface area contributed by atoms with E-state index in [1.807, 2.05) is 12.1 Å². The van der Waals surface area contributed by atoms with Crippen LogP contribution in [0.1, 0.15) is 29.0 Å². The number of benzene rings is 3. The first-order valence-electron chi connectivity index (χ1n) is 12.1. The normalized spacial score (nSPS) is 15.2. The van der Waals surface area contributed by atoms with E-state index < -0.39 is 0 Å². The van der Waals surface area contributed by atoms with Gasteiger partial charge in [0.05, 0.1) is 0 Å². The Morgan fingerprint density at radius 1 is 0.941 bits per heavy atom. The summed E-state index contributed by atoms with van der Waals surface area (Å²) in [6.07, 6.45) is 4.57. The zero-order valence-corrected chi connectivity index (χ0v) is 19.4. The number of nitrogens with zero attached hydrogens (tertiary/aromatic N) is 1. The quantitative estimate of drug-likeness (QED) is 0.492. The van der Waals surface area contributed by atoms with Crippen LogP contribution < -0.4 is 15.5 Å². The second kappa shape index (κ2) is 10.6. The molecule has 3 aromatic rings. The smallest absolute Gasteiger partial charge is 0.407 e. The Hall–Kier alpha value is -3.57. The summed E-state index contributed by atoms with van der Waals surface area (Å²) in [7, 11) is 0. The third kappa shape index (κ3) is 5.00. The summed E-state index contributed by atoms with van der Waals surface area (Å²) in [4.78, 5) is 14.7. The van der Waals surface area contributed by atoms with E-state index in [1.165, 1.54) is 33.5 Å². The lowest BCUT2D eigenvalue weighted by Crippen LogP contribution is -2.43. The van der Waals surface area contributed by atoms with Crippen LogP contribution in [-0.4, -0.2) is 45.4 Å². The molecule has 2 aliphatic rings. The maximum absolute atomic E-state index is 12.3. The number of anilines is 1. The second-order valence-electron chi connectivity index (χ2n) is 8.77. The van der Waals surface area contributed by atoms with Crippen LogP contribution in [-0.2, 0) is 4.74 Å². The zero-order chi connectivity index (χ0) is 23.2. The number of carbonyl (C=O) groups is 1. The van der Waals surface area contributed by atoms with Crippen molar-refractivity contribution in [3.05, 3.63) is 95.6 Å². The molecule has 0 spiro atoms. The number of fused-ring (bicyclic) bond motifs is 3. The van der Waals surface area contributed by atoms with Crippen molar-refractivity contribution in [2.75, 3.05) is 44.2 Å². The number of hydrogen-bond acceptors (Lipinski definition) is 4. The molecule has 1 amide bonds. The van der Waals surface area contributed by atoms with Gasteiger partial charge in [0.15, 0.2) is 0 Å². The lowest BCUT2D eigenvalue weighted by atomic mass is 9.98. The van der Waals surface area contributed by atoms with Gasteiger partial charge in [0.1, 0.15) is 6.61 Å². The fourth-order valence-corrected chi connectivity index (χ4v) is 4.85. The summed E-state index contributed by atoms with van der Waals surface area (Å²) in [5, 5.41) is 6.25. The highest BCUT2D eigenvalue weighted by Gasteiger charge is 2.28. The van der Waals surface area contributed by atoms with E-state index in [-0.39, 0.29) is 12.0 Å². The summed E-state index contributed by atoms with van der Waals surface area (Å²) >= 11 is 0. The van der Waals surface area contributed by atoms with Crippen molar-refractivity contribution in [1.82, 2.24) is 10.6 Å². The molecule has 34 heavy (non-hydrogen) atoms. The molecule has 0 atom stereocenters. The van der Waals surface area contributed by atoms with Crippen LogP contribution in [0.5, 0.6) is 0 Å². The van der Waals surface area contributed by atoms with Gasteiger partial charge in [-0.25, -0.2) is 4.79 Å². The standard InChI is InChI=1S/C29H31N3O2/c33-29(34-21-28-26-10-3-1-8-24(26)25-9-2-4-11-27(25)28)31-16-6-5-7-22-12-14-23(15-13-22)32-19-17-30-18-20-32/h1-5,7-15,28,30H,6,16-21H2,(H,31,33). The van der Waals surface area contributed by atoms with Gasteiger partial charge < -0.3 is 20.3 Å². The molecule has 0 bridgehead atoms. The van der Waals surface area contributed by atoms with Crippen LogP contribution in [0.25, 0.3) is 17.2 Å². The van der Waals surface area contributed by atoms with E-state index in [9.17, 15) is 4.79 Å². The van der Waals surface area contributed by atoms with Crippen LogP contribution in [0.15, 0.2) is 78.9 Å². The number of piperazine rings is 1. The van der Waals surface area contributed by atoms with E-state index in [0.717, 1.165) is 32.6 Å². The minimum atomic E-state index is -0.365. The van der Waals surface area contributed by atoms with Crippen molar-refractivity contribution in [2.24, 2.45) is 0 Å². The van der Waals surface area contributed by atoms with Gasteiger partial charge in [-0.3, -0.25) is 0 Å². The van der Waals surface area contributed by atoms with E-state index in [1.54, 1.807) is 0 Å². The van der Waals surface area contributed by atoms with Gasteiger partial charge in [0.25, 0.3) is 0 Å². The Bertz CT molecular complexity index is 1100. The van der Waals surface area contributed by atoms with Crippen molar-refractivity contribution in [3.8, 4) is 11.1 Å². The third-order valence-corrected chi connectivity index (χ3v) is 6.61. The lowest BCUT2D eigenvalue weighted by Gasteiger charge is -2.29. The Morgan fingerprint density at radius 3 is 2.26 bits per heavy atom. The lowest BCUT2D eigenvalue weighted by molar-refractivity contribution is 0.143. The van der Waals surface area contributed by atoms with Gasteiger partial charge in [-0.2, -0.15) is 0 Å². The fraction of sp³-hybridized carbons (Fsp3) is 0.276. The highest BCUT2D eigenvalue weighted by molar-refractivity contribution is 5.79. The first-order chi connectivity index (χ1) is 16.8. The van der Waals surface area contributed by atoms with Crippen molar-refractivity contribution >= 4 is 17.9 Å². The van der Waals surface area contributed by atoms with Gasteiger partial charge >= 0.3 is 6.09 Å². The third-order valence-electron chi connectivity index (χ3n) is 6.61. The van der Waals surface area contributed by atoms with Gasteiger partial charge in [-0.1, -0.05) is 72.8 Å². The highest BCUT2D eigenvalue weighted by atomic mass is 16.5. The molecule has 0 saturated carbocycles. The van der Waals surface area contributed by atoms with E-state index in [4.69, 9.17) is 4.74 Å². The molecule has 3 aromatic carbocycles. The first kappa shape index (κ1) is 22.2. The first-order valence-corrected chi connectivity index (χ1v) is 12.1. The summed E-state index contributed by atoms with van der Waals surface area (Å²) < 4.78 is 5.59. The number of nitrogens with one attached hydrogen (secondary N) is 2. The molecule has 1 saturated heterocycles. The minimum absolute atomic E-state index is 0.0854. The molecule has 5 heteroatoms. The average molecular weight is 454 g/mol.